The summed E-state index contributed by atoms with van der Waals surface area (Å²) in [5.41, 5.74) is -1.41. The monoisotopic (exact) mass is 402 g/mol. The number of benzene rings is 1. The molecule has 1 aromatic carbocycles. The molecule has 0 aliphatic carbocycles. The first-order valence-corrected chi connectivity index (χ1v) is 10.4. The number of anilines is 1. The van der Waals surface area contributed by atoms with Crippen LogP contribution < -0.4 is 10.0 Å². The van der Waals surface area contributed by atoms with E-state index in [2.05, 4.69) is 0 Å². The van der Waals surface area contributed by atoms with E-state index in [1.807, 2.05) is 13.8 Å². The molecule has 0 amide bonds. The average Bonchev–Trinajstić information content (AvgIpc) is 2.58. The number of nitro benzene ring substituents is 2. The first kappa shape index (κ1) is 22.8. The second kappa shape index (κ2) is 10.2. The Morgan fingerprint density at radius 2 is 1.33 bits per heavy atom. The molecule has 0 aromatic heterocycles. The zero-order valence-corrected chi connectivity index (χ0v) is 16.4. The second-order valence-electron chi connectivity index (χ2n) is 6.27. The lowest BCUT2D eigenvalue weighted by molar-refractivity contribution is -0.393. The van der Waals surface area contributed by atoms with Crippen molar-refractivity contribution < 1.29 is 18.3 Å². The Morgan fingerprint density at radius 1 is 0.926 bits per heavy atom. The van der Waals surface area contributed by atoms with Crippen molar-refractivity contribution in [1.29, 1.82) is 0 Å². The molecule has 0 saturated carbocycles. The van der Waals surface area contributed by atoms with Crippen molar-refractivity contribution in [3.8, 4) is 0 Å². The number of nitrogens with zero attached hydrogens (tertiary/aromatic N) is 3. The fraction of sp³-hybridized carbons (Fsp3) is 0.625. The Labute approximate surface area is 158 Å². The van der Waals surface area contributed by atoms with Gasteiger partial charge in [-0.05, 0) is 12.8 Å². The highest BCUT2D eigenvalue weighted by Crippen LogP contribution is 2.40. The average molecular weight is 402 g/mol. The van der Waals surface area contributed by atoms with Gasteiger partial charge in [0.05, 0.1) is 14.7 Å². The van der Waals surface area contributed by atoms with Crippen LogP contribution in [0.2, 0.25) is 0 Å². The molecule has 0 saturated heterocycles. The van der Waals surface area contributed by atoms with Crippen LogP contribution >= 0.6 is 0 Å². The van der Waals surface area contributed by atoms with Crippen LogP contribution in [0.1, 0.15) is 52.4 Å². The predicted octanol–water partition coefficient (Wildman–Crippen LogP) is 3.34. The molecule has 11 heteroatoms. The summed E-state index contributed by atoms with van der Waals surface area (Å²) in [5.74, 6) is 0. The molecule has 0 bridgehead atoms. The van der Waals surface area contributed by atoms with E-state index in [0.717, 1.165) is 37.8 Å². The number of sulfonamides is 1. The fourth-order valence-corrected chi connectivity index (χ4v) is 3.34. The summed E-state index contributed by atoms with van der Waals surface area (Å²) in [6, 6.07) is 1.59. The lowest BCUT2D eigenvalue weighted by Crippen LogP contribution is -2.28. The molecule has 27 heavy (non-hydrogen) atoms. The van der Waals surface area contributed by atoms with Crippen molar-refractivity contribution in [2.24, 2.45) is 5.14 Å². The first-order valence-electron chi connectivity index (χ1n) is 8.88. The molecule has 0 radical (unpaired) electrons. The van der Waals surface area contributed by atoms with Crippen LogP contribution in [0.15, 0.2) is 17.0 Å². The maximum atomic E-state index is 11.6. The van der Waals surface area contributed by atoms with Crippen molar-refractivity contribution in [3.63, 3.8) is 0 Å². The van der Waals surface area contributed by atoms with Crippen LogP contribution in [0.5, 0.6) is 0 Å². The Balaban J connectivity index is 3.56. The number of nitro groups is 2. The molecular formula is C16H26N4O6S. The lowest BCUT2D eigenvalue weighted by atomic mass is 10.1. The smallest absolute Gasteiger partial charge is 0.301 e. The van der Waals surface area contributed by atoms with Crippen LogP contribution in [0, 0.1) is 20.2 Å². The highest BCUT2D eigenvalue weighted by molar-refractivity contribution is 7.89. The maximum Gasteiger partial charge on any atom is 0.301 e. The number of nitrogens with two attached hydrogens (primary N) is 1. The van der Waals surface area contributed by atoms with E-state index in [-0.39, 0.29) is 5.69 Å². The highest BCUT2D eigenvalue weighted by atomic mass is 32.2. The van der Waals surface area contributed by atoms with Crippen LogP contribution in [-0.4, -0.2) is 31.4 Å². The number of hydrogen-bond donors (Lipinski definition) is 1. The van der Waals surface area contributed by atoms with Crippen LogP contribution in [-0.2, 0) is 10.0 Å². The third kappa shape index (κ3) is 6.43. The largest absolute Gasteiger partial charge is 0.360 e. The first-order chi connectivity index (χ1) is 12.6. The summed E-state index contributed by atoms with van der Waals surface area (Å²) in [7, 11) is -4.33. The minimum Gasteiger partial charge on any atom is -0.360 e. The minimum absolute atomic E-state index is 0.162. The van der Waals surface area contributed by atoms with Crippen molar-refractivity contribution in [3.05, 3.63) is 32.4 Å². The molecule has 1 aromatic rings. The van der Waals surface area contributed by atoms with Gasteiger partial charge in [0.15, 0.2) is 5.69 Å². The van der Waals surface area contributed by atoms with E-state index in [9.17, 15) is 28.6 Å². The molecular weight excluding hydrogens is 376 g/mol. The van der Waals surface area contributed by atoms with Gasteiger partial charge in [0, 0.05) is 25.2 Å². The molecule has 10 nitrogen and oxygen atoms in total. The minimum atomic E-state index is -4.33. The van der Waals surface area contributed by atoms with E-state index >= 15 is 0 Å². The van der Waals surface area contributed by atoms with E-state index in [1.54, 1.807) is 4.90 Å². The topological polar surface area (TPSA) is 150 Å². The van der Waals surface area contributed by atoms with Gasteiger partial charge in [-0.25, -0.2) is 13.6 Å². The molecule has 0 heterocycles. The Hall–Kier alpha value is -2.27. The summed E-state index contributed by atoms with van der Waals surface area (Å²) in [4.78, 5) is 22.5. The zero-order chi connectivity index (χ0) is 20.6. The zero-order valence-electron chi connectivity index (χ0n) is 15.6. The van der Waals surface area contributed by atoms with Crippen LogP contribution in [0.3, 0.4) is 0 Å². The van der Waals surface area contributed by atoms with Crippen molar-refractivity contribution >= 4 is 27.1 Å². The van der Waals surface area contributed by atoms with Crippen molar-refractivity contribution in [2.75, 3.05) is 18.0 Å². The standard InChI is InChI=1S/C16H26N4O6S/c1-3-5-7-9-18(10-8-6-4-2)16-14(19(21)22)11-13(27(17,25)26)12-15(16)20(23)24/h11-12H,3-10H2,1-2H3,(H2,17,25,26). The van der Waals surface area contributed by atoms with Gasteiger partial charge in [-0.3, -0.25) is 20.2 Å². The van der Waals surface area contributed by atoms with Gasteiger partial charge in [0.2, 0.25) is 10.0 Å². The van der Waals surface area contributed by atoms with Gasteiger partial charge in [-0.1, -0.05) is 39.5 Å². The van der Waals surface area contributed by atoms with Crippen LogP contribution in [0.4, 0.5) is 17.1 Å². The molecule has 0 unspecified atom stereocenters. The summed E-state index contributed by atoms with van der Waals surface area (Å²) in [6.07, 6.45) is 5.04. The Kier molecular flexibility index (Phi) is 8.57. The third-order valence-electron chi connectivity index (χ3n) is 4.14. The number of primary sulfonamides is 1. The number of unbranched alkanes of at least 4 members (excludes halogenated alkanes) is 4. The highest BCUT2D eigenvalue weighted by Gasteiger charge is 2.32. The molecule has 0 aliphatic rings. The summed E-state index contributed by atoms with van der Waals surface area (Å²) >= 11 is 0. The molecule has 0 atom stereocenters. The van der Waals surface area contributed by atoms with Gasteiger partial charge in [-0.15, -0.1) is 0 Å². The normalized spacial score (nSPS) is 11.4. The second-order valence-corrected chi connectivity index (χ2v) is 7.83. The van der Waals surface area contributed by atoms with E-state index in [4.69, 9.17) is 5.14 Å². The number of hydrogen-bond acceptors (Lipinski definition) is 7. The summed E-state index contributed by atoms with van der Waals surface area (Å²) in [5, 5.41) is 28.2. The predicted molar refractivity (Wildman–Crippen MR) is 102 cm³/mol. The van der Waals surface area contributed by atoms with Gasteiger partial charge >= 0.3 is 11.4 Å². The molecule has 0 spiro atoms. The van der Waals surface area contributed by atoms with E-state index in [1.165, 1.54) is 0 Å². The van der Waals surface area contributed by atoms with E-state index in [0.29, 0.717) is 25.9 Å². The molecule has 0 aliphatic heterocycles. The van der Waals surface area contributed by atoms with Gasteiger partial charge in [0.25, 0.3) is 0 Å². The summed E-state index contributed by atoms with van der Waals surface area (Å²) in [6.45, 7) is 4.84. The SMILES string of the molecule is CCCCCN(CCCCC)c1c([N+](=O)[O-])cc(S(N)(=O)=O)cc1[N+](=O)[O-]. The third-order valence-corrected chi connectivity index (χ3v) is 5.04. The lowest BCUT2D eigenvalue weighted by Gasteiger charge is -2.24. The maximum absolute atomic E-state index is 11.6. The molecule has 2 N–H and O–H groups in total. The van der Waals surface area contributed by atoms with Crippen molar-refractivity contribution in [1.82, 2.24) is 0 Å². The van der Waals surface area contributed by atoms with Crippen molar-refractivity contribution in [2.45, 2.75) is 57.3 Å². The molecule has 1 rings (SSSR count). The Morgan fingerprint density at radius 3 is 1.63 bits per heavy atom. The van der Waals surface area contributed by atoms with Gasteiger partial charge in [-0.2, -0.15) is 0 Å². The molecule has 0 fully saturated rings. The fourth-order valence-electron chi connectivity index (χ4n) is 2.79. The summed E-state index contributed by atoms with van der Waals surface area (Å²) < 4.78 is 23.2. The van der Waals surface area contributed by atoms with Gasteiger partial charge in [0.1, 0.15) is 0 Å². The quantitative estimate of drug-likeness (QED) is 0.320. The molecule has 152 valence electrons. The van der Waals surface area contributed by atoms with Crippen LogP contribution in [0.25, 0.3) is 0 Å². The van der Waals surface area contributed by atoms with E-state index < -0.39 is 36.1 Å². The Bertz CT molecular complexity index is 736. The van der Waals surface area contributed by atoms with Gasteiger partial charge < -0.3 is 4.90 Å². The number of rotatable bonds is 12.